The summed E-state index contributed by atoms with van der Waals surface area (Å²) in [4.78, 5) is 23.3. The Bertz CT molecular complexity index is 284. The molecule has 0 spiro atoms. The van der Waals surface area contributed by atoms with Crippen LogP contribution in [0.15, 0.2) is 0 Å². The second-order valence-corrected chi connectivity index (χ2v) is 5.39. The minimum Gasteiger partial charge on any atom is -0.352 e. The SMILES string of the molecule is CC(C)NC(=O)CNC(=O)C1CCC(CN)CC1. The third-order valence-corrected chi connectivity index (χ3v) is 3.42. The molecule has 1 rings (SSSR count). The average molecular weight is 255 g/mol. The number of nitrogens with two attached hydrogens (primary N) is 1. The molecule has 2 amide bonds. The van der Waals surface area contributed by atoms with Crippen molar-refractivity contribution in [2.24, 2.45) is 17.6 Å². The standard InChI is InChI=1S/C13H25N3O2/c1-9(2)16-12(17)8-15-13(18)11-5-3-10(7-14)4-6-11/h9-11H,3-8,14H2,1-2H3,(H,15,18)(H,16,17). The maximum absolute atomic E-state index is 11.9. The van der Waals surface area contributed by atoms with Gasteiger partial charge in [0.15, 0.2) is 0 Å². The molecule has 1 aliphatic carbocycles. The van der Waals surface area contributed by atoms with Crippen LogP contribution in [0.25, 0.3) is 0 Å². The molecule has 1 fully saturated rings. The molecular formula is C13H25N3O2. The van der Waals surface area contributed by atoms with Gasteiger partial charge < -0.3 is 16.4 Å². The summed E-state index contributed by atoms with van der Waals surface area (Å²) in [6, 6.07) is 0.106. The van der Waals surface area contributed by atoms with Crippen LogP contribution in [0.5, 0.6) is 0 Å². The maximum Gasteiger partial charge on any atom is 0.239 e. The Morgan fingerprint density at radius 1 is 1.22 bits per heavy atom. The minimum atomic E-state index is -0.131. The Morgan fingerprint density at radius 2 is 1.83 bits per heavy atom. The summed E-state index contributed by atoms with van der Waals surface area (Å²) in [7, 11) is 0. The monoisotopic (exact) mass is 255 g/mol. The lowest BCUT2D eigenvalue weighted by molar-refractivity contribution is -0.129. The quantitative estimate of drug-likeness (QED) is 0.664. The van der Waals surface area contributed by atoms with Gasteiger partial charge in [0.05, 0.1) is 6.54 Å². The maximum atomic E-state index is 11.9. The molecule has 1 saturated carbocycles. The van der Waals surface area contributed by atoms with Crippen LogP contribution in [0.4, 0.5) is 0 Å². The minimum absolute atomic E-state index is 0.00405. The zero-order valence-electron chi connectivity index (χ0n) is 11.4. The largest absolute Gasteiger partial charge is 0.352 e. The number of rotatable bonds is 5. The number of hydrogen-bond donors (Lipinski definition) is 3. The van der Waals surface area contributed by atoms with E-state index in [1.54, 1.807) is 0 Å². The third-order valence-electron chi connectivity index (χ3n) is 3.42. The number of amides is 2. The molecule has 1 aliphatic rings. The van der Waals surface area contributed by atoms with Gasteiger partial charge in [0.1, 0.15) is 0 Å². The van der Waals surface area contributed by atoms with Gasteiger partial charge in [-0.05, 0) is 52.0 Å². The molecule has 104 valence electrons. The first-order valence-corrected chi connectivity index (χ1v) is 6.80. The molecular weight excluding hydrogens is 230 g/mol. The lowest BCUT2D eigenvalue weighted by Gasteiger charge is -2.26. The third kappa shape index (κ3) is 5.04. The van der Waals surface area contributed by atoms with E-state index in [1.807, 2.05) is 13.8 Å². The molecule has 0 radical (unpaired) electrons. The van der Waals surface area contributed by atoms with Gasteiger partial charge in [0.25, 0.3) is 0 Å². The van der Waals surface area contributed by atoms with E-state index in [9.17, 15) is 9.59 Å². The van der Waals surface area contributed by atoms with Crippen molar-refractivity contribution in [2.75, 3.05) is 13.1 Å². The average Bonchev–Trinajstić information content (AvgIpc) is 2.35. The molecule has 18 heavy (non-hydrogen) atoms. The van der Waals surface area contributed by atoms with E-state index in [-0.39, 0.29) is 30.3 Å². The lowest BCUT2D eigenvalue weighted by atomic mass is 9.81. The predicted molar refractivity (Wildman–Crippen MR) is 70.8 cm³/mol. The summed E-state index contributed by atoms with van der Waals surface area (Å²) in [5.41, 5.74) is 5.62. The van der Waals surface area contributed by atoms with Crippen molar-refractivity contribution in [1.29, 1.82) is 0 Å². The lowest BCUT2D eigenvalue weighted by Crippen LogP contribution is -2.42. The Balaban J connectivity index is 2.23. The van der Waals surface area contributed by atoms with Crippen molar-refractivity contribution in [3.8, 4) is 0 Å². The summed E-state index contributed by atoms with van der Waals surface area (Å²) >= 11 is 0. The van der Waals surface area contributed by atoms with Crippen LogP contribution >= 0.6 is 0 Å². The molecule has 0 atom stereocenters. The summed E-state index contributed by atoms with van der Waals surface area (Å²) < 4.78 is 0. The molecule has 0 heterocycles. The topological polar surface area (TPSA) is 84.2 Å². The van der Waals surface area contributed by atoms with Crippen LogP contribution < -0.4 is 16.4 Å². The highest BCUT2D eigenvalue weighted by atomic mass is 16.2. The fraction of sp³-hybridized carbons (Fsp3) is 0.846. The van der Waals surface area contributed by atoms with Gasteiger partial charge in [-0.3, -0.25) is 9.59 Å². The zero-order chi connectivity index (χ0) is 13.5. The molecule has 0 aromatic heterocycles. The highest BCUT2D eigenvalue weighted by molar-refractivity contribution is 5.85. The first kappa shape index (κ1) is 15.0. The molecule has 4 N–H and O–H groups in total. The van der Waals surface area contributed by atoms with Crippen molar-refractivity contribution in [3.63, 3.8) is 0 Å². The molecule has 0 aromatic carbocycles. The number of carbonyl (C=O) groups is 2. The normalized spacial score (nSPS) is 23.8. The number of nitrogens with one attached hydrogen (secondary N) is 2. The van der Waals surface area contributed by atoms with Gasteiger partial charge in [0, 0.05) is 12.0 Å². The van der Waals surface area contributed by atoms with Crippen LogP contribution in [0.2, 0.25) is 0 Å². The van der Waals surface area contributed by atoms with E-state index in [0.717, 1.165) is 25.7 Å². The van der Waals surface area contributed by atoms with Crippen molar-refractivity contribution >= 4 is 11.8 Å². The summed E-state index contributed by atoms with van der Waals surface area (Å²) in [6.07, 6.45) is 3.82. The predicted octanol–water partition coefficient (Wildman–Crippen LogP) is 0.392. The first-order chi connectivity index (χ1) is 8.52. The molecule has 5 heteroatoms. The number of carbonyl (C=O) groups excluding carboxylic acids is 2. The van der Waals surface area contributed by atoms with Crippen LogP contribution in [0, 0.1) is 11.8 Å². The fourth-order valence-corrected chi connectivity index (χ4v) is 2.35. The first-order valence-electron chi connectivity index (χ1n) is 6.80. The van der Waals surface area contributed by atoms with E-state index in [2.05, 4.69) is 10.6 Å². The second-order valence-electron chi connectivity index (χ2n) is 5.39. The fourth-order valence-electron chi connectivity index (χ4n) is 2.35. The van der Waals surface area contributed by atoms with Gasteiger partial charge in [-0.2, -0.15) is 0 Å². The summed E-state index contributed by atoms with van der Waals surface area (Å²) in [5, 5.41) is 5.46. The highest BCUT2D eigenvalue weighted by Gasteiger charge is 2.25. The molecule has 0 aliphatic heterocycles. The Hall–Kier alpha value is -1.10. The van der Waals surface area contributed by atoms with Crippen LogP contribution in [-0.2, 0) is 9.59 Å². The van der Waals surface area contributed by atoms with Gasteiger partial charge in [-0.15, -0.1) is 0 Å². The van der Waals surface area contributed by atoms with E-state index < -0.39 is 0 Å². The molecule has 0 aromatic rings. The van der Waals surface area contributed by atoms with E-state index in [0.29, 0.717) is 12.5 Å². The van der Waals surface area contributed by atoms with Crippen LogP contribution in [-0.4, -0.2) is 30.9 Å². The molecule has 0 unspecified atom stereocenters. The Morgan fingerprint density at radius 3 is 2.33 bits per heavy atom. The van der Waals surface area contributed by atoms with Crippen LogP contribution in [0.1, 0.15) is 39.5 Å². The van der Waals surface area contributed by atoms with Gasteiger partial charge in [0.2, 0.25) is 11.8 Å². The highest BCUT2D eigenvalue weighted by Crippen LogP contribution is 2.27. The summed E-state index contributed by atoms with van der Waals surface area (Å²) in [5.74, 6) is 0.497. The van der Waals surface area contributed by atoms with Crippen molar-refractivity contribution in [3.05, 3.63) is 0 Å². The smallest absolute Gasteiger partial charge is 0.239 e. The zero-order valence-corrected chi connectivity index (χ0v) is 11.4. The van der Waals surface area contributed by atoms with E-state index in [4.69, 9.17) is 5.73 Å². The Kier molecular flexibility index (Phi) is 6.12. The van der Waals surface area contributed by atoms with Crippen molar-refractivity contribution < 1.29 is 9.59 Å². The number of hydrogen-bond acceptors (Lipinski definition) is 3. The molecule has 0 bridgehead atoms. The van der Waals surface area contributed by atoms with Crippen molar-refractivity contribution in [2.45, 2.75) is 45.6 Å². The van der Waals surface area contributed by atoms with E-state index >= 15 is 0 Å². The second kappa shape index (κ2) is 7.36. The Labute approximate surface area is 109 Å². The molecule has 5 nitrogen and oxygen atoms in total. The summed E-state index contributed by atoms with van der Waals surface area (Å²) in [6.45, 7) is 4.58. The molecule has 0 saturated heterocycles. The van der Waals surface area contributed by atoms with Crippen LogP contribution in [0.3, 0.4) is 0 Å². The van der Waals surface area contributed by atoms with Gasteiger partial charge in [-0.25, -0.2) is 0 Å². The van der Waals surface area contributed by atoms with E-state index in [1.165, 1.54) is 0 Å². The van der Waals surface area contributed by atoms with Gasteiger partial charge >= 0.3 is 0 Å². The van der Waals surface area contributed by atoms with Crippen molar-refractivity contribution in [1.82, 2.24) is 10.6 Å². The van der Waals surface area contributed by atoms with Gasteiger partial charge in [-0.1, -0.05) is 0 Å².